The molecule has 0 unspecified atom stereocenters. The van der Waals surface area contributed by atoms with Gasteiger partial charge in [0.1, 0.15) is 11.5 Å². The van der Waals surface area contributed by atoms with E-state index in [0.717, 1.165) is 29.5 Å². The summed E-state index contributed by atoms with van der Waals surface area (Å²) in [5, 5.41) is 1.59. The molecule has 0 bridgehead atoms. The van der Waals surface area contributed by atoms with Crippen molar-refractivity contribution in [2.45, 2.75) is 6.18 Å². The highest BCUT2D eigenvalue weighted by molar-refractivity contribution is 7.12. The summed E-state index contributed by atoms with van der Waals surface area (Å²) >= 11 is 6.61. The predicted octanol–water partition coefficient (Wildman–Crippen LogP) is 4.57. The molecule has 10 heteroatoms. The summed E-state index contributed by atoms with van der Waals surface area (Å²) in [7, 11) is 1.21. The molecule has 0 saturated carbocycles. The van der Waals surface area contributed by atoms with Crippen LogP contribution in [0.5, 0.6) is 11.5 Å². The molecule has 0 atom stereocenters. The zero-order chi connectivity index (χ0) is 18.6. The molecule has 1 heterocycles. The highest BCUT2D eigenvalue weighted by atomic mass is 35.5. The topological polar surface area (TPSA) is 73.9 Å². The molecule has 134 valence electrons. The highest BCUT2D eigenvalue weighted by Gasteiger charge is 2.31. The number of nitrogens with zero attached hydrogens (tertiary/aromatic N) is 1. The highest BCUT2D eigenvalue weighted by Crippen LogP contribution is 2.39. The molecular weight excluding hydrogens is 381 g/mol. The summed E-state index contributed by atoms with van der Waals surface area (Å²) in [6, 6.07) is 4.23. The summed E-state index contributed by atoms with van der Waals surface area (Å²) in [4.78, 5) is 15.7. The fraction of sp³-hybridized carbons (Fsp3) is 0.200. The fourth-order valence-corrected chi connectivity index (χ4v) is 2.58. The number of carbonyl (C=O) groups excluding carboxylic acids is 1. The minimum Gasteiger partial charge on any atom is -0.465 e. The Balaban J connectivity index is 2.47. The fourth-order valence-electron chi connectivity index (χ4n) is 1.79. The van der Waals surface area contributed by atoms with Crippen LogP contribution in [-0.2, 0) is 10.9 Å². The minimum absolute atomic E-state index is 0.00961. The van der Waals surface area contributed by atoms with E-state index in [1.165, 1.54) is 13.2 Å². The molecule has 0 amide bonds. The first-order chi connectivity index (χ1) is 11.8. The van der Waals surface area contributed by atoms with Crippen molar-refractivity contribution in [3.8, 4) is 11.5 Å². The lowest BCUT2D eigenvalue weighted by Gasteiger charge is -2.12. The van der Waals surface area contributed by atoms with Crippen molar-refractivity contribution >= 4 is 40.4 Å². The molecule has 0 saturated heterocycles. The van der Waals surface area contributed by atoms with Gasteiger partial charge in [0.15, 0.2) is 16.4 Å². The van der Waals surface area contributed by atoms with Crippen molar-refractivity contribution in [1.82, 2.24) is 0 Å². The standard InChI is InChI=1S/C15H12ClF3N2O3S/c1-23-14(22)13-11(4-5-25-13)24-10-3-2-8(15(17,18)19)6-9(10)21-12(20)7-16/h2-6H,7H2,1H3,(H2,20,21). The number of halogens is 4. The Labute approximate surface area is 149 Å². The number of alkyl halides is 4. The molecule has 25 heavy (non-hydrogen) atoms. The maximum atomic E-state index is 12.9. The Bertz CT molecular complexity index is 806. The Morgan fingerprint density at radius 3 is 2.64 bits per heavy atom. The van der Waals surface area contributed by atoms with Crippen molar-refractivity contribution in [3.05, 3.63) is 40.1 Å². The lowest BCUT2D eigenvalue weighted by atomic mass is 10.2. The Morgan fingerprint density at radius 2 is 2.04 bits per heavy atom. The molecule has 1 aromatic heterocycles. The number of aliphatic imine (C=N–C) groups is 1. The average Bonchev–Trinajstić information content (AvgIpc) is 3.02. The second kappa shape index (κ2) is 7.75. The van der Waals surface area contributed by atoms with E-state index in [-0.39, 0.29) is 33.8 Å². The van der Waals surface area contributed by atoms with Gasteiger partial charge in [0, 0.05) is 0 Å². The van der Waals surface area contributed by atoms with Crippen molar-refractivity contribution in [1.29, 1.82) is 0 Å². The maximum Gasteiger partial charge on any atom is 0.416 e. The number of carbonyl (C=O) groups is 1. The van der Waals surface area contributed by atoms with Gasteiger partial charge in [-0.1, -0.05) is 0 Å². The monoisotopic (exact) mass is 392 g/mol. The first-order valence-electron chi connectivity index (χ1n) is 6.70. The molecule has 5 nitrogen and oxygen atoms in total. The first-order valence-corrected chi connectivity index (χ1v) is 8.11. The number of thiophene rings is 1. The Morgan fingerprint density at radius 1 is 1.32 bits per heavy atom. The summed E-state index contributed by atoms with van der Waals surface area (Å²) in [6.07, 6.45) is -4.56. The van der Waals surface area contributed by atoms with Crippen LogP contribution in [0.1, 0.15) is 15.2 Å². The van der Waals surface area contributed by atoms with Crippen molar-refractivity contribution in [3.63, 3.8) is 0 Å². The Kier molecular flexibility index (Phi) is 5.91. The van der Waals surface area contributed by atoms with E-state index in [2.05, 4.69) is 9.73 Å². The quantitative estimate of drug-likeness (QED) is 0.350. The SMILES string of the molecule is COC(=O)c1sccc1Oc1ccc(C(F)(F)F)cc1N=C(N)CCl. The molecular formula is C15H12ClF3N2O3S. The third kappa shape index (κ3) is 4.64. The van der Waals surface area contributed by atoms with Gasteiger partial charge in [-0.2, -0.15) is 13.2 Å². The van der Waals surface area contributed by atoms with Crippen LogP contribution in [0.15, 0.2) is 34.6 Å². The van der Waals surface area contributed by atoms with Crippen LogP contribution in [0.25, 0.3) is 0 Å². The Hall–Kier alpha value is -2.26. The van der Waals surface area contributed by atoms with Gasteiger partial charge in [-0.3, -0.25) is 0 Å². The predicted molar refractivity (Wildman–Crippen MR) is 89.2 cm³/mol. The van der Waals surface area contributed by atoms with Gasteiger partial charge in [0.2, 0.25) is 0 Å². The van der Waals surface area contributed by atoms with E-state index >= 15 is 0 Å². The molecule has 1 aromatic carbocycles. The van der Waals surface area contributed by atoms with Gasteiger partial charge in [0.05, 0.1) is 18.6 Å². The molecule has 0 spiro atoms. The largest absolute Gasteiger partial charge is 0.465 e. The number of ether oxygens (including phenoxy) is 2. The summed E-state index contributed by atoms with van der Waals surface area (Å²) in [5.74, 6) is -0.740. The van der Waals surface area contributed by atoms with E-state index in [4.69, 9.17) is 22.1 Å². The number of hydrogen-bond acceptors (Lipinski definition) is 5. The van der Waals surface area contributed by atoms with E-state index in [1.54, 1.807) is 5.38 Å². The van der Waals surface area contributed by atoms with Gasteiger partial charge in [-0.15, -0.1) is 22.9 Å². The van der Waals surface area contributed by atoms with Crippen LogP contribution in [0, 0.1) is 0 Å². The second-order valence-electron chi connectivity index (χ2n) is 4.62. The van der Waals surface area contributed by atoms with Gasteiger partial charge in [-0.25, -0.2) is 9.79 Å². The van der Waals surface area contributed by atoms with Crippen LogP contribution < -0.4 is 10.5 Å². The first kappa shape index (κ1) is 19.1. The summed E-state index contributed by atoms with van der Waals surface area (Å²) in [6.45, 7) is 0. The lowest BCUT2D eigenvalue weighted by Crippen LogP contribution is -2.12. The number of rotatable bonds is 5. The van der Waals surface area contributed by atoms with Crippen molar-refractivity contribution < 1.29 is 27.4 Å². The normalized spacial score (nSPS) is 12.1. The minimum atomic E-state index is -4.56. The average molecular weight is 393 g/mol. The molecule has 2 aromatic rings. The van der Waals surface area contributed by atoms with E-state index < -0.39 is 17.7 Å². The number of benzene rings is 1. The van der Waals surface area contributed by atoms with E-state index in [0.29, 0.717) is 0 Å². The van der Waals surface area contributed by atoms with Crippen LogP contribution in [-0.4, -0.2) is 24.8 Å². The molecule has 0 aliphatic carbocycles. The number of hydrogen-bond donors (Lipinski definition) is 1. The third-order valence-corrected chi connectivity index (χ3v) is 4.06. The van der Waals surface area contributed by atoms with Crippen LogP contribution >= 0.6 is 22.9 Å². The summed E-state index contributed by atoms with van der Waals surface area (Å²) in [5.41, 5.74) is 4.44. The van der Waals surface area contributed by atoms with Crippen LogP contribution in [0.3, 0.4) is 0 Å². The molecule has 2 rings (SSSR count). The number of methoxy groups -OCH3 is 1. The van der Waals surface area contributed by atoms with Crippen molar-refractivity contribution in [2.24, 2.45) is 10.7 Å². The van der Waals surface area contributed by atoms with Crippen LogP contribution in [0.4, 0.5) is 18.9 Å². The number of amidine groups is 1. The van der Waals surface area contributed by atoms with Gasteiger partial charge >= 0.3 is 12.1 Å². The molecule has 0 radical (unpaired) electrons. The van der Waals surface area contributed by atoms with Crippen molar-refractivity contribution in [2.75, 3.05) is 13.0 Å². The van der Waals surface area contributed by atoms with Crippen LogP contribution in [0.2, 0.25) is 0 Å². The maximum absolute atomic E-state index is 12.9. The smallest absolute Gasteiger partial charge is 0.416 e. The van der Waals surface area contributed by atoms with Gasteiger partial charge < -0.3 is 15.2 Å². The van der Waals surface area contributed by atoms with Gasteiger partial charge in [0.25, 0.3) is 0 Å². The number of esters is 1. The van der Waals surface area contributed by atoms with E-state index in [9.17, 15) is 18.0 Å². The molecule has 0 aliphatic heterocycles. The zero-order valence-electron chi connectivity index (χ0n) is 12.8. The second-order valence-corrected chi connectivity index (χ2v) is 5.81. The summed E-state index contributed by atoms with van der Waals surface area (Å²) < 4.78 is 48.9. The molecule has 2 N–H and O–H groups in total. The van der Waals surface area contributed by atoms with Gasteiger partial charge in [-0.05, 0) is 29.6 Å². The number of nitrogens with two attached hydrogens (primary N) is 1. The zero-order valence-corrected chi connectivity index (χ0v) is 14.3. The van der Waals surface area contributed by atoms with E-state index in [1.807, 2.05) is 0 Å². The molecule has 0 fully saturated rings. The lowest BCUT2D eigenvalue weighted by molar-refractivity contribution is -0.137. The third-order valence-electron chi connectivity index (χ3n) is 2.91. The molecule has 0 aliphatic rings.